The molecule has 0 saturated heterocycles. The first kappa shape index (κ1) is 13.1. The van der Waals surface area contributed by atoms with Gasteiger partial charge < -0.3 is 10.1 Å². The average Bonchev–Trinajstić information content (AvgIpc) is 2.39. The van der Waals surface area contributed by atoms with Gasteiger partial charge in [-0.2, -0.15) is 4.98 Å². The van der Waals surface area contributed by atoms with E-state index in [1.54, 1.807) is 19.4 Å². The molecule has 1 saturated carbocycles. The molecule has 1 aliphatic rings. The van der Waals surface area contributed by atoms with Crippen molar-refractivity contribution in [2.24, 2.45) is 11.8 Å². The van der Waals surface area contributed by atoms with Gasteiger partial charge in [0.2, 0.25) is 11.8 Å². The predicted octanol–water partition coefficient (Wildman–Crippen LogP) is 3.11. The molecule has 0 spiro atoms. The predicted molar refractivity (Wildman–Crippen MR) is 72.8 cm³/mol. The summed E-state index contributed by atoms with van der Waals surface area (Å²) in [6.45, 7) is 4.61. The fourth-order valence-corrected chi connectivity index (χ4v) is 2.83. The van der Waals surface area contributed by atoms with E-state index < -0.39 is 0 Å². The molecule has 0 aliphatic heterocycles. The summed E-state index contributed by atoms with van der Waals surface area (Å²) in [4.78, 5) is 8.61. The maximum absolute atomic E-state index is 5.13. The molecule has 100 valence electrons. The summed E-state index contributed by atoms with van der Waals surface area (Å²) in [6.07, 6.45) is 6.90. The number of ether oxygens (including phenoxy) is 1. The number of aromatic nitrogens is 2. The lowest BCUT2D eigenvalue weighted by molar-refractivity contribution is 0.253. The van der Waals surface area contributed by atoms with Crippen LogP contribution in [0.15, 0.2) is 12.3 Å². The minimum Gasteiger partial charge on any atom is -0.481 e. The molecule has 1 fully saturated rings. The molecule has 2 atom stereocenters. The van der Waals surface area contributed by atoms with Gasteiger partial charge in [0.05, 0.1) is 7.11 Å². The van der Waals surface area contributed by atoms with Crippen LogP contribution in [0.25, 0.3) is 0 Å². The summed E-state index contributed by atoms with van der Waals surface area (Å²) in [5.74, 6) is 2.72. The van der Waals surface area contributed by atoms with Crippen molar-refractivity contribution in [1.82, 2.24) is 9.97 Å². The Morgan fingerprint density at radius 1 is 1.33 bits per heavy atom. The lowest BCUT2D eigenvalue weighted by atomic mass is 9.78. The number of nitrogens with zero attached hydrogens (tertiary/aromatic N) is 2. The fourth-order valence-electron chi connectivity index (χ4n) is 2.83. The van der Waals surface area contributed by atoms with Crippen LogP contribution >= 0.6 is 0 Å². The van der Waals surface area contributed by atoms with Crippen LogP contribution < -0.4 is 10.1 Å². The molecule has 1 heterocycles. The van der Waals surface area contributed by atoms with E-state index in [9.17, 15) is 0 Å². The number of hydrogen-bond acceptors (Lipinski definition) is 4. The summed E-state index contributed by atoms with van der Waals surface area (Å²) < 4.78 is 5.13. The molecule has 0 radical (unpaired) electrons. The Morgan fingerprint density at radius 3 is 2.83 bits per heavy atom. The first-order valence-electron chi connectivity index (χ1n) is 6.84. The Balaban J connectivity index is 2.05. The van der Waals surface area contributed by atoms with Gasteiger partial charge in [0.25, 0.3) is 0 Å². The lowest BCUT2D eigenvalue weighted by Crippen LogP contribution is -2.35. The summed E-state index contributed by atoms with van der Waals surface area (Å²) in [6, 6.07) is 2.26. The molecule has 4 nitrogen and oxygen atoms in total. The van der Waals surface area contributed by atoms with Crippen LogP contribution in [0.4, 0.5) is 5.95 Å². The smallest absolute Gasteiger partial charge is 0.226 e. The Morgan fingerprint density at radius 2 is 2.11 bits per heavy atom. The normalized spacial score (nSPS) is 24.0. The van der Waals surface area contributed by atoms with E-state index >= 15 is 0 Å². The number of methoxy groups -OCH3 is 1. The lowest BCUT2D eigenvalue weighted by Gasteiger charge is -2.34. The molecule has 1 aromatic heterocycles. The van der Waals surface area contributed by atoms with Crippen molar-refractivity contribution in [2.75, 3.05) is 12.4 Å². The molecule has 0 aromatic carbocycles. The van der Waals surface area contributed by atoms with Crippen molar-refractivity contribution in [3.05, 3.63) is 12.3 Å². The van der Waals surface area contributed by atoms with E-state index in [1.807, 2.05) is 0 Å². The SMILES string of the molecule is COc1ccnc(NC2CCCCC2C(C)C)n1. The molecular formula is C14H23N3O. The van der Waals surface area contributed by atoms with Gasteiger partial charge in [-0.05, 0) is 24.7 Å². The summed E-state index contributed by atoms with van der Waals surface area (Å²) >= 11 is 0. The Bertz CT molecular complexity index is 381. The molecule has 1 N–H and O–H groups in total. The van der Waals surface area contributed by atoms with Crippen LogP contribution in [0, 0.1) is 11.8 Å². The number of anilines is 1. The zero-order valence-corrected chi connectivity index (χ0v) is 11.5. The largest absolute Gasteiger partial charge is 0.481 e. The second-order valence-electron chi connectivity index (χ2n) is 5.37. The van der Waals surface area contributed by atoms with Gasteiger partial charge in [0.15, 0.2) is 0 Å². The van der Waals surface area contributed by atoms with E-state index in [0.717, 1.165) is 0 Å². The third kappa shape index (κ3) is 3.12. The topological polar surface area (TPSA) is 47.0 Å². The van der Waals surface area contributed by atoms with Gasteiger partial charge >= 0.3 is 0 Å². The second-order valence-corrected chi connectivity index (χ2v) is 5.37. The van der Waals surface area contributed by atoms with E-state index in [4.69, 9.17) is 4.74 Å². The van der Waals surface area contributed by atoms with Crippen molar-refractivity contribution in [2.45, 2.75) is 45.6 Å². The van der Waals surface area contributed by atoms with Gasteiger partial charge in [0, 0.05) is 18.3 Å². The Kier molecular flexibility index (Phi) is 4.39. The number of hydrogen-bond donors (Lipinski definition) is 1. The molecule has 2 unspecified atom stereocenters. The minimum atomic E-state index is 0.492. The zero-order valence-electron chi connectivity index (χ0n) is 11.5. The summed E-state index contributed by atoms with van der Waals surface area (Å²) in [7, 11) is 1.63. The van der Waals surface area contributed by atoms with Gasteiger partial charge in [-0.25, -0.2) is 4.98 Å². The van der Waals surface area contributed by atoms with Crippen molar-refractivity contribution in [3.8, 4) is 5.88 Å². The van der Waals surface area contributed by atoms with E-state index in [2.05, 4.69) is 29.1 Å². The number of nitrogens with one attached hydrogen (secondary N) is 1. The van der Waals surface area contributed by atoms with Gasteiger partial charge in [-0.15, -0.1) is 0 Å². The Hall–Kier alpha value is -1.32. The van der Waals surface area contributed by atoms with E-state index in [-0.39, 0.29) is 0 Å². The van der Waals surface area contributed by atoms with Crippen molar-refractivity contribution < 1.29 is 4.74 Å². The molecule has 4 heteroatoms. The van der Waals surface area contributed by atoms with Crippen LogP contribution in [0.3, 0.4) is 0 Å². The first-order valence-corrected chi connectivity index (χ1v) is 6.84. The molecule has 18 heavy (non-hydrogen) atoms. The van der Waals surface area contributed by atoms with Crippen LogP contribution in [-0.2, 0) is 0 Å². The highest BCUT2D eigenvalue weighted by molar-refractivity contribution is 5.29. The Labute approximate surface area is 109 Å². The zero-order chi connectivity index (χ0) is 13.0. The van der Waals surface area contributed by atoms with Crippen molar-refractivity contribution in [1.29, 1.82) is 0 Å². The molecule has 2 rings (SSSR count). The molecule has 1 aliphatic carbocycles. The van der Waals surface area contributed by atoms with Gasteiger partial charge in [0.1, 0.15) is 0 Å². The third-order valence-corrected chi connectivity index (χ3v) is 3.83. The molecule has 1 aromatic rings. The monoisotopic (exact) mass is 249 g/mol. The van der Waals surface area contributed by atoms with E-state index in [1.165, 1.54) is 25.7 Å². The van der Waals surface area contributed by atoms with Gasteiger partial charge in [-0.1, -0.05) is 26.7 Å². The molecule has 0 amide bonds. The molecular weight excluding hydrogens is 226 g/mol. The maximum Gasteiger partial charge on any atom is 0.226 e. The third-order valence-electron chi connectivity index (χ3n) is 3.83. The average molecular weight is 249 g/mol. The van der Waals surface area contributed by atoms with Crippen molar-refractivity contribution >= 4 is 5.95 Å². The van der Waals surface area contributed by atoms with Gasteiger partial charge in [-0.3, -0.25) is 0 Å². The highest BCUT2D eigenvalue weighted by atomic mass is 16.5. The minimum absolute atomic E-state index is 0.492. The van der Waals surface area contributed by atoms with E-state index in [0.29, 0.717) is 29.7 Å². The summed E-state index contributed by atoms with van der Waals surface area (Å²) in [5.41, 5.74) is 0. The highest BCUT2D eigenvalue weighted by Gasteiger charge is 2.27. The first-order chi connectivity index (χ1) is 8.70. The highest BCUT2D eigenvalue weighted by Crippen LogP contribution is 2.31. The fraction of sp³-hybridized carbons (Fsp3) is 0.714. The second kappa shape index (κ2) is 6.03. The maximum atomic E-state index is 5.13. The standard InChI is InChI=1S/C14H23N3O/c1-10(2)11-6-4-5-7-12(11)16-14-15-9-8-13(17-14)18-3/h8-12H,4-7H2,1-3H3,(H,15,16,17). The van der Waals surface area contributed by atoms with Crippen LogP contribution in [0.2, 0.25) is 0 Å². The van der Waals surface area contributed by atoms with Crippen LogP contribution in [0.5, 0.6) is 5.88 Å². The number of rotatable bonds is 4. The van der Waals surface area contributed by atoms with Crippen LogP contribution in [0.1, 0.15) is 39.5 Å². The quantitative estimate of drug-likeness (QED) is 0.890. The summed E-state index contributed by atoms with van der Waals surface area (Å²) in [5, 5.41) is 3.48. The van der Waals surface area contributed by atoms with Crippen LogP contribution in [-0.4, -0.2) is 23.1 Å². The molecule has 0 bridgehead atoms. The van der Waals surface area contributed by atoms with Crippen molar-refractivity contribution in [3.63, 3.8) is 0 Å².